The number of amides is 1. The van der Waals surface area contributed by atoms with E-state index in [9.17, 15) is 9.59 Å². The lowest BCUT2D eigenvalue weighted by molar-refractivity contribution is -0.135. The molecule has 3 rings (SSSR count). The Bertz CT molecular complexity index is 841. The number of esters is 1. The Labute approximate surface area is 170 Å². The highest BCUT2D eigenvalue weighted by molar-refractivity contribution is 6.30. The third kappa shape index (κ3) is 5.33. The Kier molecular flexibility index (Phi) is 6.70. The third-order valence-electron chi connectivity index (χ3n) is 4.90. The first-order valence-electron chi connectivity index (χ1n) is 9.45. The molecule has 0 spiro atoms. The summed E-state index contributed by atoms with van der Waals surface area (Å²) in [5.41, 5.74) is 1.91. The summed E-state index contributed by atoms with van der Waals surface area (Å²) in [6, 6.07) is 15.2. The fraction of sp³-hybridized carbons (Fsp3) is 0.364. The van der Waals surface area contributed by atoms with Gasteiger partial charge in [0.1, 0.15) is 5.75 Å². The summed E-state index contributed by atoms with van der Waals surface area (Å²) in [7, 11) is 0. The predicted octanol–water partition coefficient (Wildman–Crippen LogP) is 3.54. The minimum absolute atomic E-state index is 0.112. The van der Waals surface area contributed by atoms with Crippen molar-refractivity contribution in [1.82, 2.24) is 9.80 Å². The van der Waals surface area contributed by atoms with Gasteiger partial charge in [-0.05, 0) is 30.7 Å². The quantitative estimate of drug-likeness (QED) is 0.569. The van der Waals surface area contributed by atoms with E-state index in [2.05, 4.69) is 11.8 Å². The molecule has 0 bridgehead atoms. The number of carbonyl (C=O) groups is 2. The van der Waals surface area contributed by atoms with Crippen molar-refractivity contribution in [3.8, 4) is 5.75 Å². The molecule has 1 heterocycles. The van der Waals surface area contributed by atoms with Gasteiger partial charge < -0.3 is 9.64 Å². The van der Waals surface area contributed by atoms with Crippen LogP contribution in [0.4, 0.5) is 0 Å². The van der Waals surface area contributed by atoms with Gasteiger partial charge in [-0.3, -0.25) is 14.5 Å². The van der Waals surface area contributed by atoms with E-state index in [-0.39, 0.29) is 17.9 Å². The van der Waals surface area contributed by atoms with Crippen molar-refractivity contribution in [2.75, 3.05) is 19.6 Å². The summed E-state index contributed by atoms with van der Waals surface area (Å²) >= 11 is 6.13. The topological polar surface area (TPSA) is 49.9 Å². The highest BCUT2D eigenvalue weighted by Crippen LogP contribution is 2.26. The van der Waals surface area contributed by atoms with Gasteiger partial charge in [0, 0.05) is 49.7 Å². The van der Waals surface area contributed by atoms with E-state index in [0.29, 0.717) is 30.3 Å². The molecule has 1 aliphatic heterocycles. The number of ether oxygens (including phenoxy) is 1. The van der Waals surface area contributed by atoms with Crippen LogP contribution in [-0.4, -0.2) is 47.4 Å². The second kappa shape index (κ2) is 9.22. The van der Waals surface area contributed by atoms with Crippen LogP contribution in [-0.2, 0) is 22.6 Å². The monoisotopic (exact) mass is 400 g/mol. The summed E-state index contributed by atoms with van der Waals surface area (Å²) < 4.78 is 5.31. The lowest BCUT2D eigenvalue weighted by atomic mass is 10.1. The SMILES string of the molecule is CC(=O)Oc1ccc(Cl)cc1CN1CCN(C(=O)Cc2ccccc2)C(C)C1. The molecule has 1 fully saturated rings. The Hall–Kier alpha value is -2.37. The van der Waals surface area contributed by atoms with Crippen LogP contribution in [0.25, 0.3) is 0 Å². The Balaban J connectivity index is 1.62. The minimum Gasteiger partial charge on any atom is -0.426 e. The summed E-state index contributed by atoms with van der Waals surface area (Å²) in [5.74, 6) is 0.335. The summed E-state index contributed by atoms with van der Waals surface area (Å²) in [5, 5.41) is 0.607. The Morgan fingerprint density at radius 3 is 2.57 bits per heavy atom. The zero-order chi connectivity index (χ0) is 20.1. The van der Waals surface area contributed by atoms with E-state index in [0.717, 1.165) is 24.2 Å². The molecule has 2 aromatic rings. The van der Waals surface area contributed by atoms with Crippen LogP contribution >= 0.6 is 11.6 Å². The van der Waals surface area contributed by atoms with E-state index in [1.807, 2.05) is 41.3 Å². The van der Waals surface area contributed by atoms with Crippen LogP contribution in [0, 0.1) is 0 Å². The van der Waals surface area contributed by atoms with Gasteiger partial charge in [0.05, 0.1) is 6.42 Å². The average Bonchev–Trinajstić information content (AvgIpc) is 2.64. The van der Waals surface area contributed by atoms with Gasteiger partial charge in [-0.25, -0.2) is 0 Å². The van der Waals surface area contributed by atoms with Gasteiger partial charge in [0.15, 0.2) is 0 Å². The van der Waals surface area contributed by atoms with Gasteiger partial charge in [0.2, 0.25) is 5.91 Å². The molecule has 6 heteroatoms. The van der Waals surface area contributed by atoms with E-state index in [1.54, 1.807) is 12.1 Å². The molecule has 5 nitrogen and oxygen atoms in total. The number of carbonyl (C=O) groups excluding carboxylic acids is 2. The van der Waals surface area contributed by atoms with E-state index >= 15 is 0 Å². The molecular formula is C22H25ClN2O3. The molecule has 2 aromatic carbocycles. The van der Waals surface area contributed by atoms with Crippen LogP contribution < -0.4 is 4.74 Å². The molecule has 1 saturated heterocycles. The number of rotatable bonds is 5. The fourth-order valence-electron chi connectivity index (χ4n) is 3.59. The van der Waals surface area contributed by atoms with Crippen molar-refractivity contribution in [3.63, 3.8) is 0 Å². The Morgan fingerprint density at radius 2 is 1.89 bits per heavy atom. The minimum atomic E-state index is -0.353. The van der Waals surface area contributed by atoms with Crippen molar-refractivity contribution < 1.29 is 14.3 Å². The van der Waals surface area contributed by atoms with Crippen molar-refractivity contribution in [2.24, 2.45) is 0 Å². The molecular weight excluding hydrogens is 376 g/mol. The number of halogens is 1. The first-order valence-corrected chi connectivity index (χ1v) is 9.83. The third-order valence-corrected chi connectivity index (χ3v) is 5.14. The summed E-state index contributed by atoms with van der Waals surface area (Å²) in [4.78, 5) is 28.3. The molecule has 1 amide bonds. The molecule has 1 atom stereocenters. The molecule has 0 radical (unpaired) electrons. The number of piperazine rings is 1. The summed E-state index contributed by atoms with van der Waals surface area (Å²) in [6.45, 7) is 6.27. The second-order valence-corrected chi connectivity index (χ2v) is 7.62. The van der Waals surface area contributed by atoms with Gasteiger partial charge in [0.25, 0.3) is 0 Å². The zero-order valence-corrected chi connectivity index (χ0v) is 17.0. The first-order chi connectivity index (χ1) is 13.4. The fourth-order valence-corrected chi connectivity index (χ4v) is 3.78. The molecule has 28 heavy (non-hydrogen) atoms. The van der Waals surface area contributed by atoms with E-state index in [1.165, 1.54) is 6.92 Å². The van der Waals surface area contributed by atoms with Crippen LogP contribution in [0.3, 0.4) is 0 Å². The molecule has 148 valence electrons. The molecule has 1 unspecified atom stereocenters. The van der Waals surface area contributed by atoms with Crippen molar-refractivity contribution in [2.45, 2.75) is 32.9 Å². The van der Waals surface area contributed by atoms with Gasteiger partial charge in [-0.2, -0.15) is 0 Å². The maximum atomic E-state index is 12.7. The van der Waals surface area contributed by atoms with Crippen LogP contribution in [0.2, 0.25) is 5.02 Å². The zero-order valence-electron chi connectivity index (χ0n) is 16.2. The van der Waals surface area contributed by atoms with Crippen molar-refractivity contribution >= 4 is 23.5 Å². The number of benzene rings is 2. The largest absolute Gasteiger partial charge is 0.426 e. The van der Waals surface area contributed by atoms with Crippen molar-refractivity contribution in [3.05, 3.63) is 64.7 Å². The van der Waals surface area contributed by atoms with Gasteiger partial charge >= 0.3 is 5.97 Å². The average molecular weight is 401 g/mol. The van der Waals surface area contributed by atoms with Crippen LogP contribution in [0.1, 0.15) is 25.0 Å². The molecule has 1 aliphatic rings. The second-order valence-electron chi connectivity index (χ2n) is 7.18. The highest BCUT2D eigenvalue weighted by atomic mass is 35.5. The lowest BCUT2D eigenvalue weighted by Gasteiger charge is -2.40. The Morgan fingerprint density at radius 1 is 1.14 bits per heavy atom. The lowest BCUT2D eigenvalue weighted by Crippen LogP contribution is -2.54. The normalized spacial score (nSPS) is 17.4. The molecule has 0 aliphatic carbocycles. The standard InChI is InChI=1S/C22H25ClN2O3/c1-16-14-24(15-19-13-20(23)8-9-21(19)28-17(2)26)10-11-25(16)22(27)12-18-6-4-3-5-7-18/h3-9,13,16H,10-12,14-15H2,1-2H3. The predicted molar refractivity (Wildman–Crippen MR) is 109 cm³/mol. The highest BCUT2D eigenvalue weighted by Gasteiger charge is 2.27. The van der Waals surface area contributed by atoms with E-state index in [4.69, 9.17) is 16.3 Å². The van der Waals surface area contributed by atoms with Crippen LogP contribution in [0.5, 0.6) is 5.75 Å². The van der Waals surface area contributed by atoms with E-state index < -0.39 is 0 Å². The number of nitrogens with zero attached hydrogens (tertiary/aromatic N) is 2. The molecule has 0 aromatic heterocycles. The van der Waals surface area contributed by atoms with Gasteiger partial charge in [-0.15, -0.1) is 0 Å². The summed E-state index contributed by atoms with van der Waals surface area (Å²) in [6.07, 6.45) is 0.427. The number of hydrogen-bond donors (Lipinski definition) is 0. The maximum absolute atomic E-state index is 12.7. The van der Waals surface area contributed by atoms with Crippen molar-refractivity contribution in [1.29, 1.82) is 0 Å². The number of hydrogen-bond acceptors (Lipinski definition) is 4. The maximum Gasteiger partial charge on any atom is 0.308 e. The van der Waals surface area contributed by atoms with Crippen LogP contribution in [0.15, 0.2) is 48.5 Å². The molecule has 0 N–H and O–H groups in total. The smallest absolute Gasteiger partial charge is 0.308 e. The van der Waals surface area contributed by atoms with Gasteiger partial charge in [-0.1, -0.05) is 41.9 Å². The first kappa shape index (κ1) is 20.4. The molecule has 0 saturated carbocycles.